The Labute approximate surface area is 108 Å². The van der Waals surface area contributed by atoms with Gasteiger partial charge in [0.15, 0.2) is 0 Å². The van der Waals surface area contributed by atoms with Crippen LogP contribution in [0.3, 0.4) is 0 Å². The summed E-state index contributed by atoms with van der Waals surface area (Å²) < 4.78 is 10.4. The van der Waals surface area contributed by atoms with Crippen LogP contribution in [0.25, 0.3) is 0 Å². The summed E-state index contributed by atoms with van der Waals surface area (Å²) in [6.45, 7) is 4.21. The molecule has 0 aromatic heterocycles. The van der Waals surface area contributed by atoms with E-state index in [2.05, 4.69) is 10.6 Å². The van der Waals surface area contributed by atoms with Crippen LogP contribution in [0.1, 0.15) is 19.8 Å². The van der Waals surface area contributed by atoms with E-state index in [0.29, 0.717) is 32.7 Å². The number of aldehydes is 1. The van der Waals surface area contributed by atoms with Crippen LogP contribution in [0.2, 0.25) is 0 Å². The van der Waals surface area contributed by atoms with Gasteiger partial charge in [0.1, 0.15) is 12.9 Å². The number of amides is 1. The van der Waals surface area contributed by atoms with Crippen molar-refractivity contribution in [3.63, 3.8) is 0 Å². The minimum absolute atomic E-state index is 0.00169. The van der Waals surface area contributed by atoms with E-state index in [4.69, 9.17) is 9.47 Å². The van der Waals surface area contributed by atoms with E-state index >= 15 is 0 Å². The maximum absolute atomic E-state index is 11.4. The fourth-order valence-electron chi connectivity index (χ4n) is 1.27. The summed E-state index contributed by atoms with van der Waals surface area (Å²) in [7, 11) is 1.86. The Hall–Kier alpha value is -0.980. The van der Waals surface area contributed by atoms with Crippen LogP contribution < -0.4 is 10.6 Å². The molecular weight excluding hydrogens is 236 g/mol. The topological polar surface area (TPSA) is 76.7 Å². The van der Waals surface area contributed by atoms with Gasteiger partial charge in [0.25, 0.3) is 0 Å². The average molecular weight is 260 g/mol. The van der Waals surface area contributed by atoms with Gasteiger partial charge in [-0.3, -0.25) is 4.79 Å². The lowest BCUT2D eigenvalue weighted by Gasteiger charge is -2.12. The Kier molecular flexibility index (Phi) is 11.8. The molecule has 0 saturated carbocycles. The molecule has 1 unspecified atom stereocenters. The summed E-state index contributed by atoms with van der Waals surface area (Å²) in [5.74, 6) is -0.163. The van der Waals surface area contributed by atoms with E-state index in [1.54, 1.807) is 0 Å². The molecule has 0 heterocycles. The van der Waals surface area contributed by atoms with Gasteiger partial charge >= 0.3 is 0 Å². The summed E-state index contributed by atoms with van der Waals surface area (Å²) in [5.41, 5.74) is 0. The number of likely N-dealkylation sites (N-methyl/N-ethyl adjacent to an activating group) is 1. The van der Waals surface area contributed by atoms with Crippen molar-refractivity contribution in [1.82, 2.24) is 10.6 Å². The Morgan fingerprint density at radius 1 is 1.28 bits per heavy atom. The maximum atomic E-state index is 11.4. The summed E-state index contributed by atoms with van der Waals surface area (Å²) in [5, 5.41) is 5.71. The third-order valence-electron chi connectivity index (χ3n) is 2.23. The molecule has 0 fully saturated rings. The van der Waals surface area contributed by atoms with Crippen molar-refractivity contribution in [2.45, 2.75) is 25.8 Å². The number of hydrogen-bond donors (Lipinski definition) is 2. The van der Waals surface area contributed by atoms with Gasteiger partial charge in [-0.15, -0.1) is 0 Å². The lowest BCUT2D eigenvalue weighted by molar-refractivity contribution is -0.127. The molecule has 6 heteroatoms. The van der Waals surface area contributed by atoms with Crippen molar-refractivity contribution in [2.75, 3.05) is 40.0 Å². The minimum Gasteiger partial charge on any atom is -0.378 e. The van der Waals surface area contributed by atoms with Crippen LogP contribution in [0.4, 0.5) is 0 Å². The third-order valence-corrected chi connectivity index (χ3v) is 2.23. The lowest BCUT2D eigenvalue weighted by Crippen LogP contribution is -2.35. The first-order valence-electron chi connectivity index (χ1n) is 6.23. The largest absolute Gasteiger partial charge is 0.378 e. The Morgan fingerprint density at radius 3 is 2.67 bits per heavy atom. The monoisotopic (exact) mass is 260 g/mol. The molecule has 0 spiro atoms. The molecule has 2 N–H and O–H groups in total. The molecule has 0 rings (SSSR count). The van der Waals surface area contributed by atoms with Gasteiger partial charge in [0.2, 0.25) is 5.91 Å². The summed E-state index contributed by atoms with van der Waals surface area (Å²) in [6, 6.07) is -0.00169. The first-order valence-corrected chi connectivity index (χ1v) is 6.23. The van der Waals surface area contributed by atoms with E-state index in [-0.39, 0.29) is 18.6 Å². The van der Waals surface area contributed by atoms with Crippen LogP contribution in [0.15, 0.2) is 0 Å². The van der Waals surface area contributed by atoms with Crippen LogP contribution >= 0.6 is 0 Å². The molecule has 18 heavy (non-hydrogen) atoms. The smallest absolute Gasteiger partial charge is 0.246 e. The fourth-order valence-corrected chi connectivity index (χ4v) is 1.27. The standard InChI is InChI=1S/C12H24N2O4/c1-11(4-3-6-15)14-12(16)10-18-9-8-17-7-5-13-2/h6,11,13H,3-5,7-10H2,1-2H3,(H,14,16). The van der Waals surface area contributed by atoms with Crippen LogP contribution in [0.5, 0.6) is 0 Å². The van der Waals surface area contributed by atoms with E-state index in [1.165, 1.54) is 0 Å². The van der Waals surface area contributed by atoms with Crippen molar-refractivity contribution in [2.24, 2.45) is 0 Å². The van der Waals surface area contributed by atoms with Gasteiger partial charge in [-0.2, -0.15) is 0 Å². The highest BCUT2D eigenvalue weighted by atomic mass is 16.5. The molecular formula is C12H24N2O4. The number of ether oxygens (including phenoxy) is 2. The Morgan fingerprint density at radius 2 is 2.00 bits per heavy atom. The Bertz CT molecular complexity index is 224. The molecule has 0 bridgehead atoms. The predicted octanol–water partition coefficient (Wildman–Crippen LogP) is -0.277. The van der Waals surface area contributed by atoms with E-state index in [0.717, 1.165) is 12.8 Å². The number of nitrogens with one attached hydrogen (secondary N) is 2. The number of carbonyl (C=O) groups is 2. The molecule has 0 aromatic carbocycles. The zero-order valence-electron chi connectivity index (χ0n) is 11.2. The highest BCUT2D eigenvalue weighted by molar-refractivity contribution is 5.77. The minimum atomic E-state index is -0.163. The highest BCUT2D eigenvalue weighted by Crippen LogP contribution is 1.93. The zero-order chi connectivity index (χ0) is 13.6. The Balaban J connectivity index is 3.33. The average Bonchev–Trinajstić information content (AvgIpc) is 2.35. The first kappa shape index (κ1) is 17.0. The summed E-state index contributed by atoms with van der Waals surface area (Å²) >= 11 is 0. The second-order valence-corrected chi connectivity index (χ2v) is 3.98. The second-order valence-electron chi connectivity index (χ2n) is 3.98. The third kappa shape index (κ3) is 11.5. The van der Waals surface area contributed by atoms with Crippen molar-refractivity contribution < 1.29 is 19.1 Å². The van der Waals surface area contributed by atoms with Gasteiger partial charge < -0.3 is 24.9 Å². The molecule has 0 aliphatic rings. The van der Waals surface area contributed by atoms with Crippen molar-refractivity contribution in [3.05, 3.63) is 0 Å². The van der Waals surface area contributed by atoms with Gasteiger partial charge in [0.05, 0.1) is 19.8 Å². The predicted molar refractivity (Wildman–Crippen MR) is 68.5 cm³/mol. The molecule has 1 amide bonds. The van der Waals surface area contributed by atoms with Gasteiger partial charge in [0, 0.05) is 19.0 Å². The molecule has 6 nitrogen and oxygen atoms in total. The fraction of sp³-hybridized carbons (Fsp3) is 0.833. The number of rotatable bonds is 12. The van der Waals surface area contributed by atoms with E-state index < -0.39 is 0 Å². The molecule has 0 aromatic rings. The van der Waals surface area contributed by atoms with E-state index in [9.17, 15) is 9.59 Å². The summed E-state index contributed by atoms with van der Waals surface area (Å²) in [4.78, 5) is 21.5. The van der Waals surface area contributed by atoms with E-state index in [1.807, 2.05) is 14.0 Å². The molecule has 0 aliphatic carbocycles. The lowest BCUT2D eigenvalue weighted by atomic mass is 10.2. The van der Waals surface area contributed by atoms with Crippen molar-refractivity contribution in [3.8, 4) is 0 Å². The second kappa shape index (κ2) is 12.5. The van der Waals surface area contributed by atoms with Crippen LogP contribution in [0, 0.1) is 0 Å². The first-order chi connectivity index (χ1) is 8.70. The molecule has 0 saturated heterocycles. The molecule has 1 atom stereocenters. The number of hydrogen-bond acceptors (Lipinski definition) is 5. The normalized spacial score (nSPS) is 12.1. The highest BCUT2D eigenvalue weighted by Gasteiger charge is 2.06. The molecule has 0 aliphatic heterocycles. The molecule has 106 valence electrons. The number of carbonyl (C=O) groups excluding carboxylic acids is 2. The van der Waals surface area contributed by atoms with Gasteiger partial charge in [-0.25, -0.2) is 0 Å². The van der Waals surface area contributed by atoms with Gasteiger partial charge in [-0.05, 0) is 20.4 Å². The zero-order valence-corrected chi connectivity index (χ0v) is 11.2. The summed E-state index contributed by atoms with van der Waals surface area (Å²) in [6.07, 6.45) is 1.96. The van der Waals surface area contributed by atoms with Crippen LogP contribution in [-0.4, -0.2) is 58.3 Å². The maximum Gasteiger partial charge on any atom is 0.246 e. The quantitative estimate of drug-likeness (QED) is 0.373. The van der Waals surface area contributed by atoms with Crippen LogP contribution in [-0.2, 0) is 19.1 Å². The molecule has 0 radical (unpaired) electrons. The van der Waals surface area contributed by atoms with Crippen molar-refractivity contribution >= 4 is 12.2 Å². The van der Waals surface area contributed by atoms with Crippen molar-refractivity contribution in [1.29, 1.82) is 0 Å². The van der Waals surface area contributed by atoms with Gasteiger partial charge in [-0.1, -0.05) is 0 Å². The SMILES string of the molecule is CNCCOCCOCC(=O)NC(C)CCC=O.